The first-order chi connectivity index (χ1) is 14.0. The summed E-state index contributed by atoms with van der Waals surface area (Å²) in [6, 6.07) is 12.7. The largest absolute Gasteiger partial charge is 0.484 e. The molecule has 3 rings (SSSR count). The topological polar surface area (TPSA) is 90.7 Å². The maximum absolute atomic E-state index is 13.1. The lowest BCUT2D eigenvalue weighted by Gasteiger charge is -2.15. The number of esters is 1. The lowest BCUT2D eigenvalue weighted by molar-refractivity contribution is -0.143. The summed E-state index contributed by atoms with van der Waals surface area (Å²) in [4.78, 5) is 24.5. The van der Waals surface area contributed by atoms with Crippen LogP contribution in [0.15, 0.2) is 59.1 Å². The van der Waals surface area contributed by atoms with Crippen molar-refractivity contribution in [3.63, 3.8) is 0 Å². The predicted molar refractivity (Wildman–Crippen MR) is 101 cm³/mol. The fourth-order valence-corrected chi connectivity index (χ4v) is 2.70. The van der Waals surface area contributed by atoms with E-state index < -0.39 is 23.7 Å². The van der Waals surface area contributed by atoms with E-state index >= 15 is 0 Å². The Hall–Kier alpha value is -3.39. The highest BCUT2D eigenvalue weighted by Gasteiger charge is 2.25. The molecule has 0 aliphatic carbocycles. The minimum absolute atomic E-state index is 0.0429. The van der Waals surface area contributed by atoms with Crippen LogP contribution in [0.5, 0.6) is 5.75 Å². The number of nitrogens with zero attached hydrogens (tertiary/aromatic N) is 1. The molecule has 29 heavy (non-hydrogen) atoms. The Labute approximate surface area is 170 Å². The van der Waals surface area contributed by atoms with E-state index in [1.54, 1.807) is 30.3 Å². The van der Waals surface area contributed by atoms with Gasteiger partial charge in [0.05, 0.1) is 12.1 Å². The zero-order valence-corrected chi connectivity index (χ0v) is 16.0. The van der Waals surface area contributed by atoms with Crippen LogP contribution in [0.2, 0.25) is 5.02 Å². The van der Waals surface area contributed by atoms with Crippen molar-refractivity contribution in [2.75, 3.05) is 7.11 Å². The Morgan fingerprint density at radius 1 is 1.21 bits per heavy atom. The molecule has 0 aliphatic heterocycles. The molecule has 9 heteroatoms. The Bertz CT molecular complexity index is 1010. The maximum atomic E-state index is 13.1. The third kappa shape index (κ3) is 5.11. The standard InChI is InChI=1S/C20H16ClFN2O5/c1-27-20(26)18(12-5-3-2-4-6-12)23-19(25)16-10-14(29-24-16)11-28-17-8-7-13(22)9-15(17)21/h2-10,18H,11H2,1H3,(H,23,25)/t18-/m0/s1. The van der Waals surface area contributed by atoms with Gasteiger partial charge in [-0.05, 0) is 23.8 Å². The van der Waals surface area contributed by atoms with Crippen LogP contribution < -0.4 is 10.1 Å². The second kappa shape index (κ2) is 9.20. The second-order valence-electron chi connectivity index (χ2n) is 5.88. The lowest BCUT2D eigenvalue weighted by atomic mass is 10.1. The van der Waals surface area contributed by atoms with Gasteiger partial charge < -0.3 is 19.3 Å². The van der Waals surface area contributed by atoms with Gasteiger partial charge in [0.1, 0.15) is 18.2 Å². The van der Waals surface area contributed by atoms with E-state index in [2.05, 4.69) is 10.5 Å². The summed E-state index contributed by atoms with van der Waals surface area (Å²) >= 11 is 5.89. The molecule has 0 aliphatic rings. The number of carbonyl (C=O) groups excluding carboxylic acids is 2. The van der Waals surface area contributed by atoms with Gasteiger partial charge >= 0.3 is 5.97 Å². The number of nitrogens with one attached hydrogen (secondary N) is 1. The molecule has 1 atom stereocenters. The average Bonchev–Trinajstić information content (AvgIpc) is 3.20. The normalized spacial score (nSPS) is 11.6. The number of hydrogen-bond donors (Lipinski definition) is 1. The average molecular weight is 419 g/mol. The van der Waals surface area contributed by atoms with Crippen molar-refractivity contribution in [2.24, 2.45) is 0 Å². The molecule has 1 aromatic heterocycles. The highest BCUT2D eigenvalue weighted by molar-refractivity contribution is 6.32. The van der Waals surface area contributed by atoms with Gasteiger partial charge in [0.25, 0.3) is 5.91 Å². The minimum Gasteiger partial charge on any atom is -0.484 e. The van der Waals surface area contributed by atoms with Crippen LogP contribution in [0.1, 0.15) is 27.9 Å². The predicted octanol–water partition coefficient (Wildman–Crippen LogP) is 3.69. The third-order valence-corrected chi connectivity index (χ3v) is 4.20. The number of ether oxygens (including phenoxy) is 2. The summed E-state index contributed by atoms with van der Waals surface area (Å²) < 4.78 is 28.3. The molecular weight excluding hydrogens is 403 g/mol. The monoisotopic (exact) mass is 418 g/mol. The quantitative estimate of drug-likeness (QED) is 0.588. The first kappa shape index (κ1) is 20.3. The molecular formula is C20H16ClFN2O5. The first-order valence-corrected chi connectivity index (χ1v) is 8.83. The number of carbonyl (C=O) groups is 2. The van der Waals surface area contributed by atoms with Crippen LogP contribution in [-0.4, -0.2) is 24.1 Å². The third-order valence-electron chi connectivity index (χ3n) is 3.90. The number of benzene rings is 2. The van der Waals surface area contributed by atoms with E-state index in [4.69, 9.17) is 25.6 Å². The van der Waals surface area contributed by atoms with Gasteiger partial charge in [0.2, 0.25) is 0 Å². The molecule has 1 heterocycles. The molecule has 0 unspecified atom stereocenters. The molecule has 3 aromatic rings. The zero-order chi connectivity index (χ0) is 20.8. The summed E-state index contributed by atoms with van der Waals surface area (Å²) in [6.45, 7) is -0.0786. The van der Waals surface area contributed by atoms with Crippen molar-refractivity contribution in [1.29, 1.82) is 0 Å². The number of hydrogen-bond acceptors (Lipinski definition) is 6. The Balaban J connectivity index is 1.67. The number of rotatable bonds is 7. The number of aromatic nitrogens is 1. The van der Waals surface area contributed by atoms with Gasteiger partial charge in [0.15, 0.2) is 17.5 Å². The fourth-order valence-electron chi connectivity index (χ4n) is 2.48. The number of methoxy groups -OCH3 is 1. The van der Waals surface area contributed by atoms with Crippen molar-refractivity contribution in [2.45, 2.75) is 12.6 Å². The highest BCUT2D eigenvalue weighted by Crippen LogP contribution is 2.25. The molecule has 0 saturated heterocycles. The Kier molecular flexibility index (Phi) is 6.46. The molecule has 0 radical (unpaired) electrons. The van der Waals surface area contributed by atoms with Crippen molar-refractivity contribution in [1.82, 2.24) is 10.5 Å². The SMILES string of the molecule is COC(=O)[C@@H](NC(=O)c1cc(COc2ccc(F)cc2Cl)on1)c1ccccc1. The Morgan fingerprint density at radius 2 is 1.97 bits per heavy atom. The number of amides is 1. The van der Waals surface area contributed by atoms with Gasteiger partial charge in [0, 0.05) is 6.07 Å². The second-order valence-corrected chi connectivity index (χ2v) is 6.29. The van der Waals surface area contributed by atoms with E-state index in [1.165, 1.54) is 25.3 Å². The van der Waals surface area contributed by atoms with Crippen molar-refractivity contribution >= 4 is 23.5 Å². The molecule has 0 fully saturated rings. The molecule has 0 spiro atoms. The summed E-state index contributed by atoms with van der Waals surface area (Å²) in [5.41, 5.74) is 0.518. The van der Waals surface area contributed by atoms with Crippen LogP contribution in [0.25, 0.3) is 0 Å². The summed E-state index contributed by atoms with van der Waals surface area (Å²) in [5.74, 6) is -1.24. The molecule has 7 nitrogen and oxygen atoms in total. The van der Waals surface area contributed by atoms with Crippen LogP contribution in [0, 0.1) is 5.82 Å². The number of halogens is 2. The van der Waals surface area contributed by atoms with Gasteiger partial charge in [-0.25, -0.2) is 9.18 Å². The van der Waals surface area contributed by atoms with E-state index in [9.17, 15) is 14.0 Å². The Morgan fingerprint density at radius 3 is 2.66 bits per heavy atom. The first-order valence-electron chi connectivity index (χ1n) is 8.45. The molecule has 150 valence electrons. The van der Waals surface area contributed by atoms with Crippen molar-refractivity contribution in [3.8, 4) is 5.75 Å². The summed E-state index contributed by atoms with van der Waals surface area (Å²) in [7, 11) is 1.23. The lowest BCUT2D eigenvalue weighted by Crippen LogP contribution is -2.34. The van der Waals surface area contributed by atoms with Crippen molar-refractivity contribution in [3.05, 3.63) is 82.5 Å². The smallest absolute Gasteiger partial charge is 0.333 e. The van der Waals surface area contributed by atoms with Gasteiger partial charge in [-0.1, -0.05) is 47.1 Å². The maximum Gasteiger partial charge on any atom is 0.333 e. The van der Waals surface area contributed by atoms with E-state index in [1.807, 2.05) is 0 Å². The summed E-state index contributed by atoms with van der Waals surface area (Å²) in [6.07, 6.45) is 0. The fraction of sp³-hybridized carbons (Fsp3) is 0.150. The molecule has 1 N–H and O–H groups in total. The van der Waals surface area contributed by atoms with Crippen molar-refractivity contribution < 1.29 is 28.0 Å². The summed E-state index contributed by atoms with van der Waals surface area (Å²) in [5, 5.41) is 6.35. The van der Waals surface area contributed by atoms with Crippen LogP contribution in [-0.2, 0) is 16.1 Å². The van der Waals surface area contributed by atoms with Crippen LogP contribution in [0.4, 0.5) is 4.39 Å². The van der Waals surface area contributed by atoms with Crippen LogP contribution in [0.3, 0.4) is 0 Å². The minimum atomic E-state index is -0.997. The van der Waals surface area contributed by atoms with E-state index in [0.717, 1.165) is 6.07 Å². The molecule has 1 amide bonds. The van der Waals surface area contributed by atoms with Crippen LogP contribution >= 0.6 is 11.6 Å². The van der Waals surface area contributed by atoms with Gasteiger partial charge in [-0.2, -0.15) is 0 Å². The molecule has 0 bridgehead atoms. The molecule has 0 saturated carbocycles. The van der Waals surface area contributed by atoms with E-state index in [0.29, 0.717) is 5.56 Å². The van der Waals surface area contributed by atoms with Gasteiger partial charge in [-0.3, -0.25) is 4.79 Å². The van der Waals surface area contributed by atoms with Gasteiger partial charge in [-0.15, -0.1) is 0 Å². The van der Waals surface area contributed by atoms with E-state index in [-0.39, 0.29) is 28.8 Å². The highest BCUT2D eigenvalue weighted by atomic mass is 35.5. The molecule has 2 aromatic carbocycles. The zero-order valence-electron chi connectivity index (χ0n) is 15.2.